The number of aryl methyl sites for hydroxylation is 1. The van der Waals surface area contributed by atoms with E-state index in [1.165, 1.54) is 29.4 Å². The number of hydrogen-bond donors (Lipinski definition) is 2. The highest BCUT2D eigenvalue weighted by molar-refractivity contribution is 5.96. The highest BCUT2D eigenvalue weighted by Crippen LogP contribution is 2.32. The lowest BCUT2D eigenvalue weighted by atomic mass is 10.00. The van der Waals surface area contributed by atoms with Gasteiger partial charge in [0.25, 0.3) is 11.5 Å². The van der Waals surface area contributed by atoms with Crippen molar-refractivity contribution in [1.29, 1.82) is 0 Å². The summed E-state index contributed by atoms with van der Waals surface area (Å²) in [5.74, 6) is 0.604. The van der Waals surface area contributed by atoms with Crippen LogP contribution in [0.1, 0.15) is 28.4 Å². The standard InChI is InChI=1S/C25H22N4O4/c1-14-9-18-10-17(7-8-21(18)33-14)16-5-3-15(4-6-16)12-27-23(30)19-11-20-22(26-13-19)29(2)25(32)28-24(20)31/h3-8,10-11,13-14H,9,12H2,1-2H3,(H,27,30)(H,28,31,32). The van der Waals surface area contributed by atoms with Gasteiger partial charge in [0, 0.05) is 26.2 Å². The van der Waals surface area contributed by atoms with E-state index in [2.05, 4.69) is 34.3 Å². The molecule has 33 heavy (non-hydrogen) atoms. The average Bonchev–Trinajstić information content (AvgIpc) is 3.20. The lowest BCUT2D eigenvalue weighted by Crippen LogP contribution is -2.29. The van der Waals surface area contributed by atoms with Crippen molar-refractivity contribution >= 4 is 16.9 Å². The maximum absolute atomic E-state index is 12.6. The van der Waals surface area contributed by atoms with Crippen LogP contribution in [0.5, 0.6) is 5.75 Å². The molecule has 0 bridgehead atoms. The van der Waals surface area contributed by atoms with E-state index in [9.17, 15) is 14.4 Å². The minimum atomic E-state index is -0.571. The molecule has 1 aliphatic rings. The fourth-order valence-corrected chi connectivity index (χ4v) is 4.06. The summed E-state index contributed by atoms with van der Waals surface area (Å²) < 4.78 is 7.00. The number of ether oxygens (including phenoxy) is 1. The molecular formula is C25H22N4O4. The zero-order chi connectivity index (χ0) is 23.1. The molecular weight excluding hydrogens is 420 g/mol. The Kier molecular flexibility index (Phi) is 5.05. The summed E-state index contributed by atoms with van der Waals surface area (Å²) in [6, 6.07) is 15.7. The first kappa shape index (κ1) is 20.7. The van der Waals surface area contributed by atoms with Gasteiger partial charge in [-0.15, -0.1) is 0 Å². The van der Waals surface area contributed by atoms with Gasteiger partial charge in [0.15, 0.2) is 0 Å². The lowest BCUT2D eigenvalue weighted by molar-refractivity contribution is 0.0950. The molecule has 0 radical (unpaired) electrons. The summed E-state index contributed by atoms with van der Waals surface area (Å²) in [5, 5.41) is 3.03. The van der Waals surface area contributed by atoms with Crippen LogP contribution >= 0.6 is 0 Å². The summed E-state index contributed by atoms with van der Waals surface area (Å²) in [5.41, 5.74) is 3.74. The minimum Gasteiger partial charge on any atom is -0.490 e. The number of aromatic amines is 1. The van der Waals surface area contributed by atoms with Gasteiger partial charge in [-0.3, -0.25) is 19.1 Å². The minimum absolute atomic E-state index is 0.184. The van der Waals surface area contributed by atoms with Gasteiger partial charge in [-0.2, -0.15) is 0 Å². The second kappa shape index (κ2) is 8.05. The molecule has 3 heterocycles. The third-order valence-electron chi connectivity index (χ3n) is 5.85. The van der Waals surface area contributed by atoms with Crippen molar-refractivity contribution in [3.05, 3.63) is 92.3 Å². The first-order valence-corrected chi connectivity index (χ1v) is 10.7. The van der Waals surface area contributed by atoms with Crippen molar-refractivity contribution in [2.45, 2.75) is 26.0 Å². The number of fused-ring (bicyclic) bond motifs is 2. The molecule has 8 nitrogen and oxygen atoms in total. The van der Waals surface area contributed by atoms with Crippen molar-refractivity contribution in [3.8, 4) is 16.9 Å². The van der Waals surface area contributed by atoms with Crippen molar-refractivity contribution in [2.24, 2.45) is 7.05 Å². The van der Waals surface area contributed by atoms with E-state index in [1.54, 1.807) is 0 Å². The van der Waals surface area contributed by atoms with Crippen LogP contribution in [-0.4, -0.2) is 26.5 Å². The molecule has 0 aliphatic carbocycles. The van der Waals surface area contributed by atoms with Crippen LogP contribution in [0.4, 0.5) is 0 Å². The van der Waals surface area contributed by atoms with Gasteiger partial charge in [0.2, 0.25) is 0 Å². The quantitative estimate of drug-likeness (QED) is 0.505. The van der Waals surface area contributed by atoms with Crippen molar-refractivity contribution < 1.29 is 9.53 Å². The van der Waals surface area contributed by atoms with Gasteiger partial charge in [-0.1, -0.05) is 30.3 Å². The third-order valence-corrected chi connectivity index (χ3v) is 5.85. The van der Waals surface area contributed by atoms with Crippen LogP contribution < -0.4 is 21.3 Å². The first-order chi connectivity index (χ1) is 15.9. The molecule has 2 aromatic carbocycles. The highest BCUT2D eigenvalue weighted by Gasteiger charge is 2.19. The summed E-state index contributed by atoms with van der Waals surface area (Å²) in [6.07, 6.45) is 2.49. The van der Waals surface area contributed by atoms with Gasteiger partial charge >= 0.3 is 5.69 Å². The van der Waals surface area contributed by atoms with Crippen LogP contribution in [0.2, 0.25) is 0 Å². The maximum atomic E-state index is 12.6. The Bertz CT molecular complexity index is 1500. The molecule has 2 aromatic heterocycles. The van der Waals surface area contributed by atoms with Gasteiger partial charge in [-0.25, -0.2) is 9.78 Å². The van der Waals surface area contributed by atoms with Crippen molar-refractivity contribution in [3.63, 3.8) is 0 Å². The van der Waals surface area contributed by atoms with E-state index >= 15 is 0 Å². The van der Waals surface area contributed by atoms with Crippen LogP contribution in [0.3, 0.4) is 0 Å². The number of pyridine rings is 1. The molecule has 0 spiro atoms. The molecule has 1 unspecified atom stereocenters. The smallest absolute Gasteiger partial charge is 0.329 e. The van der Waals surface area contributed by atoms with E-state index in [1.807, 2.05) is 30.3 Å². The number of nitrogens with zero attached hydrogens (tertiary/aromatic N) is 2. The molecule has 1 aliphatic heterocycles. The van der Waals surface area contributed by atoms with Crippen LogP contribution in [0.25, 0.3) is 22.2 Å². The first-order valence-electron chi connectivity index (χ1n) is 10.7. The Hall–Kier alpha value is -4.20. The van der Waals surface area contributed by atoms with E-state index in [-0.39, 0.29) is 28.6 Å². The van der Waals surface area contributed by atoms with Crippen molar-refractivity contribution in [2.75, 3.05) is 0 Å². The largest absolute Gasteiger partial charge is 0.490 e. The SMILES string of the molecule is CC1Cc2cc(-c3ccc(CNC(=O)c4cnc5c(c4)c(=O)[nH]c(=O)n5C)cc3)ccc2O1. The van der Waals surface area contributed by atoms with Crippen LogP contribution in [0.15, 0.2) is 64.3 Å². The summed E-state index contributed by atoms with van der Waals surface area (Å²) >= 11 is 0. The highest BCUT2D eigenvalue weighted by atomic mass is 16.5. The molecule has 0 saturated carbocycles. The Morgan fingerprint density at radius 3 is 2.70 bits per heavy atom. The fraction of sp³-hybridized carbons (Fsp3) is 0.200. The van der Waals surface area contributed by atoms with Gasteiger partial charge in [0.05, 0.1) is 10.9 Å². The third kappa shape index (κ3) is 3.91. The second-order valence-corrected chi connectivity index (χ2v) is 8.25. The maximum Gasteiger partial charge on any atom is 0.329 e. The second-order valence-electron chi connectivity index (χ2n) is 8.25. The number of hydrogen-bond acceptors (Lipinski definition) is 5. The van der Waals surface area contributed by atoms with E-state index in [0.29, 0.717) is 6.54 Å². The van der Waals surface area contributed by atoms with Gasteiger partial charge in [0.1, 0.15) is 17.5 Å². The molecule has 2 N–H and O–H groups in total. The van der Waals surface area contributed by atoms with E-state index < -0.39 is 11.2 Å². The zero-order valence-corrected chi connectivity index (χ0v) is 18.2. The number of nitrogens with one attached hydrogen (secondary N) is 2. The molecule has 0 fully saturated rings. The summed E-state index contributed by atoms with van der Waals surface area (Å²) in [6.45, 7) is 2.40. The predicted molar refractivity (Wildman–Crippen MR) is 124 cm³/mol. The number of carbonyl (C=O) groups is 1. The summed E-state index contributed by atoms with van der Waals surface area (Å²) in [7, 11) is 1.51. The predicted octanol–water partition coefficient (Wildman–Crippen LogP) is 2.54. The number of carbonyl (C=O) groups excluding carboxylic acids is 1. The number of H-pyrrole nitrogens is 1. The number of rotatable bonds is 4. The fourth-order valence-electron chi connectivity index (χ4n) is 4.06. The Labute approximate surface area is 188 Å². The zero-order valence-electron chi connectivity index (χ0n) is 18.2. The van der Waals surface area contributed by atoms with Gasteiger partial charge < -0.3 is 10.1 Å². The number of amides is 1. The van der Waals surface area contributed by atoms with Crippen LogP contribution in [-0.2, 0) is 20.0 Å². The topological polar surface area (TPSA) is 106 Å². The lowest BCUT2D eigenvalue weighted by Gasteiger charge is -2.09. The van der Waals surface area contributed by atoms with Crippen molar-refractivity contribution in [1.82, 2.24) is 19.9 Å². The molecule has 1 amide bonds. The van der Waals surface area contributed by atoms with E-state index in [0.717, 1.165) is 28.9 Å². The normalized spacial score (nSPS) is 14.7. The Balaban J connectivity index is 1.29. The monoisotopic (exact) mass is 442 g/mol. The molecule has 4 aromatic rings. The molecule has 8 heteroatoms. The van der Waals surface area contributed by atoms with Crippen LogP contribution in [0, 0.1) is 0 Å². The Morgan fingerprint density at radius 1 is 1.15 bits per heavy atom. The molecule has 5 rings (SSSR count). The number of aromatic nitrogens is 3. The Morgan fingerprint density at radius 2 is 1.91 bits per heavy atom. The number of benzene rings is 2. The van der Waals surface area contributed by atoms with Gasteiger partial charge in [-0.05, 0) is 47.4 Å². The average molecular weight is 442 g/mol. The molecule has 1 atom stereocenters. The molecule has 166 valence electrons. The summed E-state index contributed by atoms with van der Waals surface area (Å²) in [4.78, 5) is 42.7. The van der Waals surface area contributed by atoms with E-state index in [4.69, 9.17) is 4.74 Å². The molecule has 0 saturated heterocycles.